The molecule has 0 unspecified atom stereocenters. The van der Waals surface area contributed by atoms with Crippen molar-refractivity contribution in [2.75, 3.05) is 0 Å². The Morgan fingerprint density at radius 1 is 0.842 bits per heavy atom. The fourth-order valence-electron chi connectivity index (χ4n) is 2.33. The Bertz CT molecular complexity index is 692. The van der Waals surface area contributed by atoms with E-state index in [0.29, 0.717) is 22.3 Å². The largest absolute Gasteiger partial charge is 0.300 e. The first-order valence-electron chi connectivity index (χ1n) is 5.85. The van der Waals surface area contributed by atoms with Gasteiger partial charge in [-0.05, 0) is 17.7 Å². The molecule has 19 heavy (non-hydrogen) atoms. The van der Waals surface area contributed by atoms with Crippen LogP contribution in [0, 0.1) is 0 Å². The number of ketones is 2. The third kappa shape index (κ3) is 1.78. The Labute approximate surface area is 109 Å². The van der Waals surface area contributed by atoms with E-state index in [-0.39, 0.29) is 18.2 Å². The van der Waals surface area contributed by atoms with Crippen molar-refractivity contribution < 1.29 is 14.4 Å². The van der Waals surface area contributed by atoms with Crippen LogP contribution in [0.2, 0.25) is 0 Å². The van der Waals surface area contributed by atoms with E-state index in [1.54, 1.807) is 42.5 Å². The van der Waals surface area contributed by atoms with Crippen LogP contribution in [-0.2, 0) is 11.4 Å². The number of carbonyl (C=O) groups is 2. The van der Waals surface area contributed by atoms with Gasteiger partial charge in [-0.15, -0.1) is 0 Å². The number of carbonyl (C=O) groups excluding carboxylic acids is 2. The van der Waals surface area contributed by atoms with Crippen molar-refractivity contribution in [1.82, 2.24) is 0 Å². The summed E-state index contributed by atoms with van der Waals surface area (Å²) in [5.74, 6) is 4.77. The lowest BCUT2D eigenvalue weighted by Gasteiger charge is -2.17. The van der Waals surface area contributed by atoms with Gasteiger partial charge in [-0.2, -0.15) is 0 Å². The van der Waals surface area contributed by atoms with Crippen LogP contribution in [0.3, 0.4) is 0 Å². The van der Waals surface area contributed by atoms with Gasteiger partial charge >= 0.3 is 0 Å². The summed E-state index contributed by atoms with van der Waals surface area (Å²) in [4.78, 5) is 29.3. The Morgan fingerprint density at radius 2 is 1.42 bits per heavy atom. The second-order valence-electron chi connectivity index (χ2n) is 4.39. The monoisotopic (exact) mass is 253 g/mol. The number of hydrogen-bond acceptors (Lipinski definition) is 4. The summed E-state index contributed by atoms with van der Waals surface area (Å²) < 4.78 is 0. The highest BCUT2D eigenvalue weighted by atomic mass is 16.6. The van der Waals surface area contributed by atoms with E-state index < -0.39 is 0 Å². The highest BCUT2D eigenvalue weighted by Crippen LogP contribution is 2.27. The lowest BCUT2D eigenvalue weighted by molar-refractivity contribution is 0.0978. The Kier molecular flexibility index (Phi) is 2.74. The van der Waals surface area contributed by atoms with E-state index >= 15 is 0 Å². The standard InChI is InChI=1S/C15H11NO3/c16-19-8-9-5-6-12-13(7-9)15(18)11-4-2-1-3-10(11)14(12)17/h1-7H,8,16H2. The second kappa shape index (κ2) is 4.42. The van der Waals surface area contributed by atoms with Crippen LogP contribution >= 0.6 is 0 Å². The number of nitrogens with two attached hydrogens (primary N) is 1. The van der Waals surface area contributed by atoms with Crippen molar-refractivity contribution in [2.45, 2.75) is 6.61 Å². The average Bonchev–Trinajstić information content (AvgIpc) is 2.45. The molecule has 4 nitrogen and oxygen atoms in total. The zero-order chi connectivity index (χ0) is 13.4. The van der Waals surface area contributed by atoms with Crippen molar-refractivity contribution in [2.24, 2.45) is 5.90 Å². The minimum absolute atomic E-state index is 0.120. The topological polar surface area (TPSA) is 69.4 Å². The molecular weight excluding hydrogens is 242 g/mol. The highest BCUT2D eigenvalue weighted by molar-refractivity contribution is 6.28. The van der Waals surface area contributed by atoms with Gasteiger partial charge in [0.25, 0.3) is 0 Å². The van der Waals surface area contributed by atoms with E-state index in [0.717, 1.165) is 5.56 Å². The van der Waals surface area contributed by atoms with Crippen LogP contribution in [-0.4, -0.2) is 11.6 Å². The summed E-state index contributed by atoms with van der Waals surface area (Å²) in [5.41, 5.74) is 2.53. The zero-order valence-corrected chi connectivity index (χ0v) is 10.1. The van der Waals surface area contributed by atoms with Gasteiger partial charge < -0.3 is 0 Å². The number of rotatable bonds is 2. The first-order chi connectivity index (χ1) is 9.22. The molecule has 0 saturated heterocycles. The molecular formula is C15H11NO3. The van der Waals surface area contributed by atoms with E-state index in [2.05, 4.69) is 4.84 Å². The molecule has 0 fully saturated rings. The van der Waals surface area contributed by atoms with Gasteiger partial charge in [-0.3, -0.25) is 14.4 Å². The van der Waals surface area contributed by atoms with E-state index in [9.17, 15) is 9.59 Å². The molecule has 0 aliphatic heterocycles. The van der Waals surface area contributed by atoms with Crippen LogP contribution in [0.15, 0.2) is 42.5 Å². The first kappa shape index (κ1) is 11.8. The molecule has 2 aromatic rings. The lowest BCUT2D eigenvalue weighted by atomic mass is 9.83. The van der Waals surface area contributed by atoms with Crippen LogP contribution in [0.5, 0.6) is 0 Å². The maximum Gasteiger partial charge on any atom is 0.194 e. The molecule has 0 saturated carbocycles. The number of hydrogen-bond donors (Lipinski definition) is 1. The number of fused-ring (bicyclic) bond motifs is 2. The summed E-state index contributed by atoms with van der Waals surface area (Å²) in [5, 5.41) is 0. The normalized spacial score (nSPS) is 13.1. The Morgan fingerprint density at radius 3 is 2.05 bits per heavy atom. The molecule has 3 rings (SSSR count). The SMILES string of the molecule is NOCc1ccc2c(c1)C(=O)c1ccccc1C2=O. The molecule has 94 valence electrons. The molecule has 1 aliphatic carbocycles. The summed E-state index contributed by atoms with van der Waals surface area (Å²) in [7, 11) is 0. The maximum absolute atomic E-state index is 12.4. The molecule has 0 spiro atoms. The summed E-state index contributed by atoms with van der Waals surface area (Å²) >= 11 is 0. The molecule has 0 aromatic heterocycles. The van der Waals surface area contributed by atoms with Crippen molar-refractivity contribution in [3.8, 4) is 0 Å². The van der Waals surface area contributed by atoms with Crippen LogP contribution in [0.1, 0.15) is 37.4 Å². The van der Waals surface area contributed by atoms with Crippen LogP contribution in [0.4, 0.5) is 0 Å². The molecule has 2 N–H and O–H groups in total. The van der Waals surface area contributed by atoms with E-state index in [1.165, 1.54) is 0 Å². The van der Waals surface area contributed by atoms with Crippen LogP contribution < -0.4 is 5.90 Å². The van der Waals surface area contributed by atoms with Crippen molar-refractivity contribution >= 4 is 11.6 Å². The fraction of sp³-hybridized carbons (Fsp3) is 0.0667. The van der Waals surface area contributed by atoms with Crippen molar-refractivity contribution in [3.05, 3.63) is 70.3 Å². The van der Waals surface area contributed by atoms with Crippen molar-refractivity contribution in [1.29, 1.82) is 0 Å². The average molecular weight is 253 g/mol. The van der Waals surface area contributed by atoms with Gasteiger partial charge in [0, 0.05) is 22.3 Å². The van der Waals surface area contributed by atoms with Gasteiger partial charge in [0.1, 0.15) is 0 Å². The Balaban J connectivity index is 2.18. The molecule has 1 aliphatic rings. The van der Waals surface area contributed by atoms with E-state index in [4.69, 9.17) is 5.90 Å². The van der Waals surface area contributed by atoms with Gasteiger partial charge in [-0.1, -0.05) is 30.3 Å². The summed E-state index contributed by atoms with van der Waals surface area (Å²) in [6.07, 6.45) is 0. The van der Waals surface area contributed by atoms with Crippen LogP contribution in [0.25, 0.3) is 0 Å². The number of benzene rings is 2. The molecule has 2 aromatic carbocycles. The van der Waals surface area contributed by atoms with E-state index in [1.807, 2.05) is 0 Å². The predicted octanol–water partition coefficient (Wildman–Crippen LogP) is 1.85. The molecule has 0 atom stereocenters. The van der Waals surface area contributed by atoms with Gasteiger partial charge in [0.15, 0.2) is 11.6 Å². The third-order valence-corrected chi connectivity index (χ3v) is 3.24. The quantitative estimate of drug-likeness (QED) is 0.708. The van der Waals surface area contributed by atoms with Gasteiger partial charge in [0.05, 0.1) is 6.61 Å². The lowest BCUT2D eigenvalue weighted by Crippen LogP contribution is -2.21. The fourth-order valence-corrected chi connectivity index (χ4v) is 2.33. The Hall–Kier alpha value is -2.30. The minimum atomic E-state index is -0.135. The minimum Gasteiger partial charge on any atom is -0.300 e. The third-order valence-electron chi connectivity index (χ3n) is 3.24. The molecule has 0 heterocycles. The molecule has 4 heteroatoms. The maximum atomic E-state index is 12.4. The first-order valence-corrected chi connectivity index (χ1v) is 5.85. The smallest absolute Gasteiger partial charge is 0.194 e. The van der Waals surface area contributed by atoms with Crippen molar-refractivity contribution in [3.63, 3.8) is 0 Å². The molecule has 0 radical (unpaired) electrons. The predicted molar refractivity (Wildman–Crippen MR) is 68.7 cm³/mol. The summed E-state index contributed by atoms with van der Waals surface area (Å²) in [6.45, 7) is 0.205. The highest BCUT2D eigenvalue weighted by Gasteiger charge is 2.29. The summed E-state index contributed by atoms with van der Waals surface area (Å²) in [6, 6.07) is 11.9. The zero-order valence-electron chi connectivity index (χ0n) is 10.1. The molecule has 0 amide bonds. The van der Waals surface area contributed by atoms with Gasteiger partial charge in [0.2, 0.25) is 0 Å². The van der Waals surface area contributed by atoms with Gasteiger partial charge in [-0.25, -0.2) is 5.90 Å². The molecule has 0 bridgehead atoms. The second-order valence-corrected chi connectivity index (χ2v) is 4.39.